The minimum Gasteiger partial charge on any atom is -0.482 e. The van der Waals surface area contributed by atoms with Crippen molar-refractivity contribution in [1.82, 2.24) is 0 Å². The molecule has 0 saturated carbocycles. The summed E-state index contributed by atoms with van der Waals surface area (Å²) in [5.41, 5.74) is 0.389. The molecular weight excluding hydrogens is 366 g/mol. The first-order chi connectivity index (χ1) is 13.4. The van der Waals surface area contributed by atoms with Gasteiger partial charge in [0.25, 0.3) is 11.6 Å². The fraction of sp³-hybridized carbons (Fsp3) is 0.105. The van der Waals surface area contributed by atoms with Crippen LogP contribution in [-0.2, 0) is 14.3 Å². The number of rotatable bonds is 7. The van der Waals surface area contributed by atoms with Crippen LogP contribution in [0.1, 0.15) is 5.56 Å². The van der Waals surface area contributed by atoms with Crippen molar-refractivity contribution >= 4 is 29.3 Å². The second-order valence-corrected chi connectivity index (χ2v) is 5.37. The summed E-state index contributed by atoms with van der Waals surface area (Å²) in [5, 5.41) is 22.5. The summed E-state index contributed by atoms with van der Waals surface area (Å²) in [6.45, 7) is -0.235. The fourth-order valence-corrected chi connectivity index (χ4v) is 2.07. The molecule has 0 radical (unpaired) electrons. The number of nitriles is 1. The summed E-state index contributed by atoms with van der Waals surface area (Å²) < 4.78 is 9.67. The van der Waals surface area contributed by atoms with Gasteiger partial charge in [-0.05, 0) is 29.8 Å². The molecule has 0 atom stereocenters. The maximum Gasteiger partial charge on any atom is 0.343 e. The number of methoxy groups -OCH3 is 1. The lowest BCUT2D eigenvalue weighted by atomic mass is 10.1. The number of hydrogen-bond donors (Lipinski definition) is 1. The van der Waals surface area contributed by atoms with E-state index in [0.29, 0.717) is 11.3 Å². The molecule has 0 bridgehead atoms. The van der Waals surface area contributed by atoms with Crippen LogP contribution in [0.15, 0.2) is 54.1 Å². The Kier molecular flexibility index (Phi) is 6.82. The van der Waals surface area contributed by atoms with E-state index in [9.17, 15) is 25.0 Å². The van der Waals surface area contributed by atoms with Gasteiger partial charge in [0.2, 0.25) is 0 Å². The Balaban J connectivity index is 2.09. The molecule has 1 N–H and O–H groups in total. The van der Waals surface area contributed by atoms with E-state index < -0.39 is 16.8 Å². The molecule has 0 heterocycles. The van der Waals surface area contributed by atoms with Gasteiger partial charge in [0.15, 0.2) is 6.61 Å². The number of nitrogens with zero attached hydrogens (tertiary/aromatic N) is 2. The summed E-state index contributed by atoms with van der Waals surface area (Å²) in [7, 11) is 1.25. The van der Waals surface area contributed by atoms with E-state index in [4.69, 9.17) is 4.74 Å². The highest BCUT2D eigenvalue weighted by Crippen LogP contribution is 2.19. The van der Waals surface area contributed by atoms with Gasteiger partial charge in [0.1, 0.15) is 17.4 Å². The van der Waals surface area contributed by atoms with E-state index in [1.54, 1.807) is 30.3 Å². The number of nitrogens with one attached hydrogen (secondary N) is 1. The largest absolute Gasteiger partial charge is 0.482 e. The number of benzene rings is 2. The number of carbonyl (C=O) groups excluding carboxylic acids is 2. The number of amides is 1. The van der Waals surface area contributed by atoms with Gasteiger partial charge in [-0.2, -0.15) is 5.26 Å². The molecule has 9 nitrogen and oxygen atoms in total. The Hall–Kier alpha value is -4.19. The summed E-state index contributed by atoms with van der Waals surface area (Å²) in [5.74, 6) is -0.801. The molecule has 2 aromatic carbocycles. The van der Waals surface area contributed by atoms with Gasteiger partial charge in [-0.3, -0.25) is 14.9 Å². The number of carbonyl (C=O) groups is 2. The smallest absolute Gasteiger partial charge is 0.343 e. The molecule has 2 aromatic rings. The van der Waals surface area contributed by atoms with Gasteiger partial charge < -0.3 is 14.8 Å². The van der Waals surface area contributed by atoms with Crippen molar-refractivity contribution in [3.8, 4) is 11.8 Å². The zero-order valence-electron chi connectivity index (χ0n) is 14.7. The second kappa shape index (κ2) is 9.49. The first-order valence-electron chi connectivity index (χ1n) is 7.90. The van der Waals surface area contributed by atoms with Crippen LogP contribution in [0.3, 0.4) is 0 Å². The number of ether oxygens (including phenoxy) is 2. The van der Waals surface area contributed by atoms with E-state index in [2.05, 4.69) is 10.1 Å². The molecule has 0 unspecified atom stereocenters. The van der Waals surface area contributed by atoms with Gasteiger partial charge in [-0.1, -0.05) is 18.2 Å². The lowest BCUT2D eigenvalue weighted by Gasteiger charge is -2.06. The van der Waals surface area contributed by atoms with Gasteiger partial charge in [0.05, 0.1) is 12.0 Å². The Morgan fingerprint density at radius 1 is 1.25 bits per heavy atom. The number of non-ortho nitro benzene ring substituents is 1. The highest BCUT2D eigenvalue weighted by Gasteiger charge is 2.12. The van der Waals surface area contributed by atoms with Gasteiger partial charge in [-0.15, -0.1) is 0 Å². The van der Waals surface area contributed by atoms with E-state index in [1.807, 2.05) is 0 Å². The number of nitro groups is 1. The zero-order valence-corrected chi connectivity index (χ0v) is 14.7. The third-order valence-corrected chi connectivity index (χ3v) is 3.46. The maximum atomic E-state index is 12.3. The number of hydrogen-bond acceptors (Lipinski definition) is 7. The fourth-order valence-electron chi connectivity index (χ4n) is 2.07. The normalized spacial score (nSPS) is 10.5. The van der Waals surface area contributed by atoms with Crippen LogP contribution >= 0.6 is 0 Å². The summed E-state index contributed by atoms with van der Waals surface area (Å²) in [6, 6.07) is 13.5. The Bertz CT molecular complexity index is 960. The molecule has 0 saturated heterocycles. The highest BCUT2D eigenvalue weighted by molar-refractivity contribution is 6.09. The average Bonchev–Trinajstić information content (AvgIpc) is 2.71. The topological polar surface area (TPSA) is 132 Å². The van der Waals surface area contributed by atoms with Crippen molar-refractivity contribution in [2.45, 2.75) is 0 Å². The van der Waals surface area contributed by atoms with E-state index >= 15 is 0 Å². The zero-order chi connectivity index (χ0) is 20.5. The van der Waals surface area contributed by atoms with Crippen LogP contribution in [-0.4, -0.2) is 30.5 Å². The van der Waals surface area contributed by atoms with Crippen molar-refractivity contribution in [2.75, 3.05) is 19.0 Å². The van der Waals surface area contributed by atoms with Crippen LogP contribution in [0.5, 0.6) is 5.75 Å². The highest BCUT2D eigenvalue weighted by atomic mass is 16.6. The van der Waals surface area contributed by atoms with Crippen LogP contribution in [0.4, 0.5) is 11.4 Å². The van der Waals surface area contributed by atoms with Crippen molar-refractivity contribution in [2.24, 2.45) is 0 Å². The molecule has 0 aromatic heterocycles. The number of anilines is 1. The minimum atomic E-state index is -0.700. The standard InChI is InChI=1S/C19H15N3O6/c1-27-18(23)12-28-17-7-5-13(6-8-17)9-14(11-20)19(24)21-15-3-2-4-16(10-15)22(25)26/h2-10H,12H2,1H3,(H,21,24)/b14-9+. The lowest BCUT2D eigenvalue weighted by molar-refractivity contribution is -0.384. The van der Waals surface area contributed by atoms with Crippen LogP contribution in [0.2, 0.25) is 0 Å². The van der Waals surface area contributed by atoms with E-state index in [0.717, 1.165) is 0 Å². The summed E-state index contributed by atoms with van der Waals surface area (Å²) in [6.07, 6.45) is 1.36. The third kappa shape index (κ3) is 5.67. The average molecular weight is 381 g/mol. The number of nitro benzene ring substituents is 1. The first-order valence-corrected chi connectivity index (χ1v) is 7.90. The first kappa shape index (κ1) is 20.1. The molecule has 2 rings (SSSR count). The quantitative estimate of drug-likeness (QED) is 0.256. The maximum absolute atomic E-state index is 12.3. The molecule has 142 valence electrons. The SMILES string of the molecule is COC(=O)COc1ccc(/C=C(\C#N)C(=O)Nc2cccc([N+](=O)[O-])c2)cc1. The van der Waals surface area contributed by atoms with Gasteiger partial charge in [-0.25, -0.2) is 4.79 Å². The van der Waals surface area contributed by atoms with E-state index in [1.165, 1.54) is 37.5 Å². The van der Waals surface area contributed by atoms with E-state index in [-0.39, 0.29) is 23.6 Å². The predicted octanol–water partition coefficient (Wildman–Crippen LogP) is 2.69. The second-order valence-electron chi connectivity index (χ2n) is 5.37. The minimum absolute atomic E-state index is 0.178. The Morgan fingerprint density at radius 3 is 2.57 bits per heavy atom. The van der Waals surface area contributed by atoms with Crippen molar-refractivity contribution in [1.29, 1.82) is 5.26 Å². The monoisotopic (exact) mass is 381 g/mol. The summed E-state index contributed by atoms with van der Waals surface area (Å²) in [4.78, 5) is 33.5. The lowest BCUT2D eigenvalue weighted by Crippen LogP contribution is -2.13. The molecule has 1 amide bonds. The molecule has 0 aliphatic rings. The molecule has 9 heteroatoms. The molecule has 0 aliphatic heterocycles. The van der Waals surface area contributed by atoms with Crippen LogP contribution < -0.4 is 10.1 Å². The Morgan fingerprint density at radius 2 is 1.96 bits per heavy atom. The predicted molar refractivity (Wildman–Crippen MR) is 99.3 cm³/mol. The molecule has 0 fully saturated rings. The molecule has 0 aliphatic carbocycles. The third-order valence-electron chi connectivity index (χ3n) is 3.46. The molecular formula is C19H15N3O6. The molecule has 28 heavy (non-hydrogen) atoms. The Labute approximate surface area is 159 Å². The van der Waals surface area contributed by atoms with Crippen molar-refractivity contribution in [3.05, 3.63) is 69.8 Å². The van der Waals surface area contributed by atoms with Crippen molar-refractivity contribution < 1.29 is 24.0 Å². The van der Waals surface area contributed by atoms with Crippen LogP contribution in [0, 0.1) is 21.4 Å². The van der Waals surface area contributed by atoms with Crippen LogP contribution in [0.25, 0.3) is 6.08 Å². The number of esters is 1. The summed E-state index contributed by atoms with van der Waals surface area (Å²) >= 11 is 0. The van der Waals surface area contributed by atoms with Gasteiger partial charge >= 0.3 is 5.97 Å². The van der Waals surface area contributed by atoms with Crippen molar-refractivity contribution in [3.63, 3.8) is 0 Å². The molecule has 0 spiro atoms. The van der Waals surface area contributed by atoms with Gasteiger partial charge in [0, 0.05) is 17.8 Å².